The largest absolute Gasteiger partial charge is 0.423 e. The zero-order valence-corrected chi connectivity index (χ0v) is 10.6. The van der Waals surface area contributed by atoms with E-state index in [9.17, 15) is 4.79 Å². The number of anilines is 1. The number of hydrogen-bond acceptors (Lipinski definition) is 3. The van der Waals surface area contributed by atoms with Crippen molar-refractivity contribution < 1.29 is 4.42 Å². The third kappa shape index (κ3) is 2.23. The van der Waals surface area contributed by atoms with Crippen LogP contribution in [-0.4, -0.2) is 13.1 Å². The zero-order valence-electron chi connectivity index (χ0n) is 10.6. The SMILES string of the molecule is C#CCN(CC)c1ccc2c(C)cc(=O)oc2c1. The van der Waals surface area contributed by atoms with Gasteiger partial charge in [-0.05, 0) is 31.5 Å². The van der Waals surface area contributed by atoms with E-state index >= 15 is 0 Å². The second-order valence-corrected chi connectivity index (χ2v) is 4.15. The van der Waals surface area contributed by atoms with Crippen LogP contribution in [0.2, 0.25) is 0 Å². The molecule has 0 atom stereocenters. The summed E-state index contributed by atoms with van der Waals surface area (Å²) in [5, 5.41) is 0.954. The van der Waals surface area contributed by atoms with Crippen LogP contribution in [0.25, 0.3) is 11.0 Å². The first-order chi connectivity index (χ1) is 8.65. The Balaban J connectivity index is 2.56. The first-order valence-corrected chi connectivity index (χ1v) is 5.88. The maximum atomic E-state index is 11.4. The summed E-state index contributed by atoms with van der Waals surface area (Å²) in [6.07, 6.45) is 5.34. The van der Waals surface area contributed by atoms with Crippen molar-refractivity contribution in [2.24, 2.45) is 0 Å². The van der Waals surface area contributed by atoms with Gasteiger partial charge in [-0.25, -0.2) is 4.79 Å². The van der Waals surface area contributed by atoms with E-state index in [2.05, 4.69) is 5.92 Å². The number of nitrogens with zero attached hydrogens (tertiary/aromatic N) is 1. The molecule has 92 valence electrons. The van der Waals surface area contributed by atoms with E-state index in [4.69, 9.17) is 10.8 Å². The van der Waals surface area contributed by atoms with Crippen LogP contribution >= 0.6 is 0 Å². The van der Waals surface area contributed by atoms with Crippen LogP contribution in [0.1, 0.15) is 12.5 Å². The van der Waals surface area contributed by atoms with Gasteiger partial charge in [0.2, 0.25) is 0 Å². The van der Waals surface area contributed by atoms with Crippen molar-refractivity contribution in [3.8, 4) is 12.3 Å². The number of aryl methyl sites for hydroxylation is 1. The summed E-state index contributed by atoms with van der Waals surface area (Å²) >= 11 is 0. The van der Waals surface area contributed by atoms with Crippen LogP contribution in [0.15, 0.2) is 33.5 Å². The maximum absolute atomic E-state index is 11.4. The molecule has 1 aromatic heterocycles. The van der Waals surface area contributed by atoms with Crippen molar-refractivity contribution in [3.63, 3.8) is 0 Å². The van der Waals surface area contributed by atoms with Crippen molar-refractivity contribution in [1.82, 2.24) is 0 Å². The molecule has 0 fully saturated rings. The van der Waals surface area contributed by atoms with Crippen molar-refractivity contribution >= 4 is 16.7 Å². The monoisotopic (exact) mass is 241 g/mol. The molecule has 0 unspecified atom stereocenters. The number of hydrogen-bond donors (Lipinski definition) is 0. The number of rotatable bonds is 3. The molecule has 1 aromatic carbocycles. The van der Waals surface area contributed by atoms with Gasteiger partial charge in [-0.15, -0.1) is 6.42 Å². The molecule has 0 saturated heterocycles. The van der Waals surface area contributed by atoms with Crippen molar-refractivity contribution in [2.45, 2.75) is 13.8 Å². The molecular weight excluding hydrogens is 226 g/mol. The zero-order chi connectivity index (χ0) is 13.1. The highest BCUT2D eigenvalue weighted by atomic mass is 16.4. The lowest BCUT2D eigenvalue weighted by atomic mass is 10.1. The number of terminal acetylenes is 1. The molecule has 0 aliphatic carbocycles. The normalized spacial score (nSPS) is 10.3. The van der Waals surface area contributed by atoms with Gasteiger partial charge in [0.25, 0.3) is 0 Å². The fraction of sp³-hybridized carbons (Fsp3) is 0.267. The fourth-order valence-electron chi connectivity index (χ4n) is 2.01. The Morgan fingerprint density at radius 2 is 2.17 bits per heavy atom. The molecule has 18 heavy (non-hydrogen) atoms. The van der Waals surface area contributed by atoms with Gasteiger partial charge >= 0.3 is 5.63 Å². The van der Waals surface area contributed by atoms with Gasteiger partial charge in [0.1, 0.15) is 5.58 Å². The highest BCUT2D eigenvalue weighted by Crippen LogP contribution is 2.23. The second kappa shape index (κ2) is 4.97. The van der Waals surface area contributed by atoms with Crippen molar-refractivity contribution in [3.05, 3.63) is 40.2 Å². The molecule has 2 rings (SSSR count). The number of benzene rings is 1. The van der Waals surface area contributed by atoms with Gasteiger partial charge in [0.15, 0.2) is 0 Å². The Bertz CT molecular complexity index is 664. The Hall–Kier alpha value is -2.21. The van der Waals surface area contributed by atoms with E-state index in [1.165, 1.54) is 6.07 Å². The van der Waals surface area contributed by atoms with E-state index in [0.29, 0.717) is 12.1 Å². The molecule has 0 aliphatic heterocycles. The summed E-state index contributed by atoms with van der Waals surface area (Å²) in [4.78, 5) is 13.4. The summed E-state index contributed by atoms with van der Waals surface area (Å²) in [5.41, 5.74) is 2.18. The van der Waals surface area contributed by atoms with Crippen LogP contribution in [0.5, 0.6) is 0 Å². The Kier molecular flexibility index (Phi) is 3.38. The minimum absolute atomic E-state index is 0.322. The molecule has 0 N–H and O–H groups in total. The first-order valence-electron chi connectivity index (χ1n) is 5.88. The van der Waals surface area contributed by atoms with Gasteiger partial charge in [0, 0.05) is 29.8 Å². The van der Waals surface area contributed by atoms with Gasteiger partial charge in [0.05, 0.1) is 6.54 Å². The Labute approximate surface area is 106 Å². The molecule has 2 aromatic rings. The lowest BCUT2D eigenvalue weighted by molar-refractivity contribution is 0.560. The third-order valence-corrected chi connectivity index (χ3v) is 2.96. The summed E-state index contributed by atoms with van der Waals surface area (Å²) in [7, 11) is 0. The predicted molar refractivity (Wildman–Crippen MR) is 73.9 cm³/mol. The summed E-state index contributed by atoms with van der Waals surface area (Å²) in [6.45, 7) is 5.29. The minimum atomic E-state index is -0.322. The maximum Gasteiger partial charge on any atom is 0.336 e. The average molecular weight is 241 g/mol. The minimum Gasteiger partial charge on any atom is -0.423 e. The second-order valence-electron chi connectivity index (χ2n) is 4.15. The highest BCUT2D eigenvalue weighted by Gasteiger charge is 2.07. The Morgan fingerprint density at radius 3 is 2.83 bits per heavy atom. The molecule has 0 spiro atoms. The smallest absolute Gasteiger partial charge is 0.336 e. The third-order valence-electron chi connectivity index (χ3n) is 2.96. The van der Waals surface area contributed by atoms with Crippen LogP contribution in [0.3, 0.4) is 0 Å². The molecule has 0 amide bonds. The fourth-order valence-corrected chi connectivity index (χ4v) is 2.01. The van der Waals surface area contributed by atoms with E-state index in [1.807, 2.05) is 36.9 Å². The highest BCUT2D eigenvalue weighted by molar-refractivity contribution is 5.83. The molecule has 1 heterocycles. The lowest BCUT2D eigenvalue weighted by Gasteiger charge is -2.20. The molecule has 0 saturated carbocycles. The summed E-state index contributed by atoms with van der Waals surface area (Å²) < 4.78 is 5.22. The topological polar surface area (TPSA) is 33.5 Å². The van der Waals surface area contributed by atoms with Crippen molar-refractivity contribution in [2.75, 3.05) is 18.0 Å². The quantitative estimate of drug-likeness (QED) is 0.611. The number of fused-ring (bicyclic) bond motifs is 1. The van der Waals surface area contributed by atoms with Gasteiger partial charge in [-0.1, -0.05) is 5.92 Å². The Morgan fingerprint density at radius 1 is 1.39 bits per heavy atom. The van der Waals surface area contributed by atoms with Gasteiger partial charge in [-0.3, -0.25) is 0 Å². The van der Waals surface area contributed by atoms with Crippen molar-refractivity contribution in [1.29, 1.82) is 0 Å². The summed E-state index contributed by atoms with van der Waals surface area (Å²) in [6, 6.07) is 7.32. The van der Waals surface area contributed by atoms with Gasteiger partial charge in [-0.2, -0.15) is 0 Å². The van der Waals surface area contributed by atoms with E-state index in [0.717, 1.165) is 23.2 Å². The standard InChI is InChI=1S/C15H15NO2/c1-4-8-16(5-2)12-6-7-13-11(3)9-15(17)18-14(13)10-12/h1,6-7,9-10H,5,8H2,2-3H3. The lowest BCUT2D eigenvalue weighted by Crippen LogP contribution is -2.22. The molecule has 0 radical (unpaired) electrons. The van der Waals surface area contributed by atoms with Crippen LogP contribution in [0, 0.1) is 19.3 Å². The predicted octanol–water partition coefficient (Wildman–Crippen LogP) is 2.56. The summed E-state index contributed by atoms with van der Waals surface area (Å²) in [5.74, 6) is 2.62. The van der Waals surface area contributed by atoms with E-state index in [1.54, 1.807) is 0 Å². The van der Waals surface area contributed by atoms with Crippen LogP contribution in [0.4, 0.5) is 5.69 Å². The van der Waals surface area contributed by atoms with E-state index in [-0.39, 0.29) is 5.63 Å². The molecule has 3 heteroatoms. The average Bonchev–Trinajstić information content (AvgIpc) is 2.35. The van der Waals surface area contributed by atoms with Crippen LogP contribution < -0.4 is 10.5 Å². The van der Waals surface area contributed by atoms with Crippen LogP contribution in [-0.2, 0) is 0 Å². The molecular formula is C15H15NO2. The molecule has 0 bridgehead atoms. The first kappa shape index (κ1) is 12.3. The van der Waals surface area contributed by atoms with Gasteiger partial charge < -0.3 is 9.32 Å². The van der Waals surface area contributed by atoms with E-state index < -0.39 is 0 Å². The molecule has 3 nitrogen and oxygen atoms in total. The molecule has 0 aliphatic rings.